The number of rotatable bonds is 5. The first-order chi connectivity index (χ1) is 13.8. The van der Waals surface area contributed by atoms with Crippen molar-refractivity contribution in [3.05, 3.63) is 72.4 Å². The van der Waals surface area contributed by atoms with E-state index in [2.05, 4.69) is 77.5 Å². The Morgan fingerprint density at radius 2 is 1.89 bits per heavy atom. The maximum atomic E-state index is 4.64. The molecule has 1 unspecified atom stereocenters. The third-order valence-corrected chi connectivity index (χ3v) is 9.67. The molecule has 0 N–H and O–H groups in total. The zero-order valence-electron chi connectivity index (χ0n) is 16.5. The Bertz CT molecular complexity index is 936. The second-order valence-corrected chi connectivity index (χ2v) is 10.8. The van der Waals surface area contributed by atoms with Gasteiger partial charge in [-0.25, -0.2) is 0 Å². The molecular weight excluding hydrogens is 407 g/mol. The summed E-state index contributed by atoms with van der Waals surface area (Å²) in [5.74, 6) is 1.83. The summed E-state index contributed by atoms with van der Waals surface area (Å²) >= 11 is 0.412. The van der Waals surface area contributed by atoms with Crippen molar-refractivity contribution in [1.82, 2.24) is 9.88 Å². The van der Waals surface area contributed by atoms with Gasteiger partial charge in [-0.1, -0.05) is 0 Å². The molecule has 28 heavy (non-hydrogen) atoms. The predicted octanol–water partition coefficient (Wildman–Crippen LogP) is 4.43. The Labute approximate surface area is 174 Å². The zero-order valence-corrected chi connectivity index (χ0v) is 18.2. The molecule has 4 heterocycles. The number of aromatic nitrogens is 1. The molecule has 3 heteroatoms. The van der Waals surface area contributed by atoms with Gasteiger partial charge in [0.2, 0.25) is 0 Å². The van der Waals surface area contributed by atoms with E-state index in [-0.39, 0.29) is 0 Å². The van der Waals surface area contributed by atoms with Crippen LogP contribution in [0.4, 0.5) is 0 Å². The molecule has 0 spiro atoms. The molecule has 3 fully saturated rings. The van der Waals surface area contributed by atoms with E-state index in [1.165, 1.54) is 47.8 Å². The number of hydrogen-bond donors (Lipinski definition) is 0. The quantitative estimate of drug-likeness (QED) is 0.552. The summed E-state index contributed by atoms with van der Waals surface area (Å²) < 4.78 is 1.51. The Hall–Kier alpha value is -1.67. The van der Waals surface area contributed by atoms with Crippen molar-refractivity contribution in [2.24, 2.45) is 11.8 Å². The first-order valence-electron chi connectivity index (χ1n) is 10.6. The van der Waals surface area contributed by atoms with E-state index in [0.29, 0.717) is 25.8 Å². The van der Waals surface area contributed by atoms with Crippen LogP contribution in [-0.4, -0.2) is 44.0 Å². The molecule has 3 aliphatic heterocycles. The summed E-state index contributed by atoms with van der Waals surface area (Å²) in [5, 5.41) is 1.35. The Morgan fingerprint density at radius 3 is 2.68 bits per heavy atom. The number of para-hydroxylation sites is 1. The van der Waals surface area contributed by atoms with Gasteiger partial charge in [0, 0.05) is 0 Å². The monoisotopic (exact) mass is 436 g/mol. The summed E-state index contributed by atoms with van der Waals surface area (Å²) in [7, 11) is 0. The topological polar surface area (TPSA) is 16.1 Å². The third-order valence-electron chi connectivity index (χ3n) is 6.81. The van der Waals surface area contributed by atoms with Gasteiger partial charge in [0.05, 0.1) is 0 Å². The SMILES string of the molecule is CC[C@H]1CN2CC[C@H]1C[C@@H]2[C@H]([Se]c1ccccc1)c1ccnc2ccccc12. The molecule has 0 saturated carbocycles. The van der Waals surface area contributed by atoms with E-state index in [9.17, 15) is 0 Å². The van der Waals surface area contributed by atoms with Crippen LogP contribution in [0.15, 0.2) is 66.9 Å². The molecule has 3 aliphatic rings. The van der Waals surface area contributed by atoms with Crippen LogP contribution in [0.1, 0.15) is 36.6 Å². The Morgan fingerprint density at radius 1 is 1.07 bits per heavy atom. The molecule has 0 radical (unpaired) electrons. The van der Waals surface area contributed by atoms with Gasteiger partial charge in [-0.2, -0.15) is 0 Å². The van der Waals surface area contributed by atoms with Gasteiger partial charge < -0.3 is 0 Å². The zero-order chi connectivity index (χ0) is 18.9. The number of piperidine rings is 3. The first-order valence-corrected chi connectivity index (χ1v) is 12.5. The summed E-state index contributed by atoms with van der Waals surface area (Å²) in [6, 6.07) is 22.8. The fourth-order valence-electron chi connectivity index (χ4n) is 5.32. The normalized spacial score (nSPS) is 27.8. The number of benzene rings is 2. The molecule has 6 rings (SSSR count). The molecular formula is C25H28N2Se. The van der Waals surface area contributed by atoms with E-state index in [0.717, 1.165) is 17.4 Å². The second kappa shape index (κ2) is 7.99. The standard InChI is InChI=1S/C25H28N2Se/c1-2-18-17-27-15-13-19(18)16-24(27)25(28-20-8-4-3-5-9-20)22-12-14-26-23-11-7-6-10-21(22)23/h3-12,14,18-19,24-25H,2,13,15-17H2,1H3/t18-,19-,24+,25+/m0/s1. The van der Waals surface area contributed by atoms with Crippen LogP contribution in [-0.2, 0) is 0 Å². The van der Waals surface area contributed by atoms with Crippen molar-refractivity contribution >= 4 is 30.3 Å². The number of nitrogens with zero attached hydrogens (tertiary/aromatic N) is 2. The summed E-state index contributed by atoms with van der Waals surface area (Å²) in [6.45, 7) is 4.97. The van der Waals surface area contributed by atoms with Crippen LogP contribution in [0.3, 0.4) is 0 Å². The van der Waals surface area contributed by atoms with E-state index < -0.39 is 0 Å². The van der Waals surface area contributed by atoms with Crippen molar-refractivity contribution in [2.75, 3.05) is 13.1 Å². The second-order valence-electron chi connectivity index (χ2n) is 8.28. The molecule has 0 aliphatic carbocycles. The van der Waals surface area contributed by atoms with Crippen LogP contribution >= 0.6 is 0 Å². The van der Waals surface area contributed by atoms with Gasteiger partial charge in [0.25, 0.3) is 0 Å². The van der Waals surface area contributed by atoms with Gasteiger partial charge in [0.15, 0.2) is 0 Å². The van der Waals surface area contributed by atoms with Crippen LogP contribution in [0, 0.1) is 11.8 Å². The van der Waals surface area contributed by atoms with Gasteiger partial charge in [-0.15, -0.1) is 0 Å². The molecule has 2 bridgehead atoms. The van der Waals surface area contributed by atoms with Crippen LogP contribution in [0.2, 0.25) is 0 Å². The fourth-order valence-corrected chi connectivity index (χ4v) is 8.21. The van der Waals surface area contributed by atoms with E-state index in [1.807, 2.05) is 6.20 Å². The molecule has 5 atom stereocenters. The predicted molar refractivity (Wildman–Crippen MR) is 118 cm³/mol. The van der Waals surface area contributed by atoms with Crippen molar-refractivity contribution in [3.8, 4) is 0 Å². The molecule has 144 valence electrons. The summed E-state index contributed by atoms with van der Waals surface area (Å²) in [4.78, 5) is 8.06. The molecule has 2 aromatic carbocycles. The van der Waals surface area contributed by atoms with Gasteiger partial charge in [-0.05, 0) is 0 Å². The van der Waals surface area contributed by atoms with Gasteiger partial charge >= 0.3 is 175 Å². The molecule has 2 nitrogen and oxygen atoms in total. The molecule has 0 amide bonds. The number of hydrogen-bond acceptors (Lipinski definition) is 2. The van der Waals surface area contributed by atoms with Crippen molar-refractivity contribution in [1.29, 1.82) is 0 Å². The summed E-state index contributed by atoms with van der Waals surface area (Å²) in [6.07, 6.45) is 6.13. The van der Waals surface area contributed by atoms with Crippen LogP contribution in [0.5, 0.6) is 0 Å². The molecule has 3 aromatic rings. The van der Waals surface area contributed by atoms with E-state index >= 15 is 0 Å². The maximum absolute atomic E-state index is 4.64. The van der Waals surface area contributed by atoms with E-state index in [4.69, 9.17) is 0 Å². The van der Waals surface area contributed by atoms with Crippen molar-refractivity contribution in [2.45, 2.75) is 37.0 Å². The molecule has 1 aromatic heterocycles. The van der Waals surface area contributed by atoms with Gasteiger partial charge in [-0.3, -0.25) is 0 Å². The number of pyridine rings is 1. The Balaban J connectivity index is 1.56. The Kier molecular flexibility index (Phi) is 5.24. The third kappa shape index (κ3) is 3.41. The van der Waals surface area contributed by atoms with Crippen molar-refractivity contribution < 1.29 is 0 Å². The fraction of sp³-hybridized carbons (Fsp3) is 0.400. The average Bonchev–Trinajstić information content (AvgIpc) is 2.78. The minimum atomic E-state index is 0.412. The van der Waals surface area contributed by atoms with Crippen molar-refractivity contribution in [3.63, 3.8) is 0 Å². The summed E-state index contributed by atoms with van der Waals surface area (Å²) in [5.41, 5.74) is 2.65. The van der Waals surface area contributed by atoms with Gasteiger partial charge in [0.1, 0.15) is 0 Å². The van der Waals surface area contributed by atoms with Crippen LogP contribution < -0.4 is 4.46 Å². The number of fused-ring (bicyclic) bond motifs is 4. The minimum absolute atomic E-state index is 0.412. The van der Waals surface area contributed by atoms with Crippen LogP contribution in [0.25, 0.3) is 10.9 Å². The average molecular weight is 435 g/mol. The molecule has 3 saturated heterocycles. The van der Waals surface area contributed by atoms with E-state index in [1.54, 1.807) is 0 Å². The first kappa shape index (κ1) is 18.4.